The average molecular weight is 575 g/mol. The molecule has 0 atom stereocenters. The quantitative estimate of drug-likeness (QED) is 0.205. The van der Waals surface area contributed by atoms with Crippen molar-refractivity contribution in [2.45, 2.75) is 0 Å². The number of para-hydroxylation sites is 2. The average Bonchev–Trinajstić information content (AvgIpc) is 3.46. The smallest absolute Gasteiger partial charge is 0.160 e. The Morgan fingerprint density at radius 3 is 1.69 bits per heavy atom. The first-order valence-corrected chi connectivity index (χ1v) is 14.9. The zero-order valence-corrected chi connectivity index (χ0v) is 24.3. The molecule has 0 saturated heterocycles. The first-order chi connectivity index (χ1) is 22.2. The molecule has 0 fully saturated rings. The Bertz CT molecular complexity index is 2350. The van der Waals surface area contributed by atoms with E-state index in [0.717, 1.165) is 44.9 Å². The lowest BCUT2D eigenvalue weighted by atomic mass is 10.00. The van der Waals surface area contributed by atoms with Crippen molar-refractivity contribution in [3.05, 3.63) is 163 Å². The molecule has 0 aliphatic heterocycles. The Morgan fingerprint density at radius 2 is 1.00 bits per heavy atom. The first-order valence-electron chi connectivity index (χ1n) is 14.9. The van der Waals surface area contributed by atoms with E-state index < -0.39 is 0 Å². The predicted molar refractivity (Wildman–Crippen MR) is 183 cm³/mol. The fraction of sp³-hybridized carbons (Fsp3) is 0. The molecule has 0 aliphatic rings. The molecule has 2 aromatic heterocycles. The largest absolute Gasteiger partial charge is 0.309 e. The van der Waals surface area contributed by atoms with Crippen LogP contribution in [0, 0.1) is 11.3 Å². The third-order valence-electron chi connectivity index (χ3n) is 8.27. The molecule has 210 valence electrons. The number of benzene rings is 6. The number of nitriles is 1. The maximum absolute atomic E-state index is 9.26. The Hall–Kier alpha value is -6.31. The van der Waals surface area contributed by atoms with Crippen LogP contribution in [0.15, 0.2) is 158 Å². The van der Waals surface area contributed by atoms with Gasteiger partial charge in [-0.05, 0) is 59.7 Å². The van der Waals surface area contributed by atoms with Gasteiger partial charge in [0.25, 0.3) is 0 Å². The lowest BCUT2D eigenvalue weighted by Crippen LogP contribution is -1.96. The Labute approximate surface area is 261 Å². The van der Waals surface area contributed by atoms with Gasteiger partial charge in [0.15, 0.2) is 5.82 Å². The minimum absolute atomic E-state index is 0.620. The molecule has 6 aromatic carbocycles. The van der Waals surface area contributed by atoms with Crippen molar-refractivity contribution in [1.29, 1.82) is 5.26 Å². The summed E-state index contributed by atoms with van der Waals surface area (Å²) in [6.45, 7) is 0. The highest BCUT2D eigenvalue weighted by Crippen LogP contribution is 2.35. The molecule has 0 bridgehead atoms. The fourth-order valence-electron chi connectivity index (χ4n) is 6.02. The summed E-state index contributed by atoms with van der Waals surface area (Å²) in [6, 6.07) is 56.2. The molecular formula is C41H26N4. The van der Waals surface area contributed by atoms with Gasteiger partial charge in [0.1, 0.15) is 0 Å². The molecule has 0 spiro atoms. The van der Waals surface area contributed by atoms with Gasteiger partial charge in [-0.15, -0.1) is 0 Å². The second-order valence-corrected chi connectivity index (χ2v) is 11.0. The molecule has 0 amide bonds. The maximum Gasteiger partial charge on any atom is 0.160 e. The highest BCUT2D eigenvalue weighted by molar-refractivity contribution is 6.10. The van der Waals surface area contributed by atoms with E-state index in [0.29, 0.717) is 11.4 Å². The summed E-state index contributed by atoms with van der Waals surface area (Å²) in [5.41, 5.74) is 11.0. The van der Waals surface area contributed by atoms with Crippen LogP contribution in [0.2, 0.25) is 0 Å². The number of fused-ring (bicyclic) bond motifs is 3. The number of rotatable bonds is 5. The predicted octanol–water partition coefficient (Wildman–Crippen LogP) is 10.1. The van der Waals surface area contributed by atoms with Gasteiger partial charge in [-0.3, -0.25) is 0 Å². The fourth-order valence-corrected chi connectivity index (χ4v) is 6.02. The molecular weight excluding hydrogens is 548 g/mol. The third-order valence-corrected chi connectivity index (χ3v) is 8.27. The summed E-state index contributed by atoms with van der Waals surface area (Å²) in [6.07, 6.45) is 0. The number of nitrogens with zero attached hydrogens (tertiary/aromatic N) is 4. The maximum atomic E-state index is 9.26. The highest BCUT2D eigenvalue weighted by Gasteiger charge is 2.14. The van der Waals surface area contributed by atoms with Gasteiger partial charge in [-0.2, -0.15) is 5.26 Å². The Balaban J connectivity index is 1.20. The molecule has 0 saturated carbocycles. The van der Waals surface area contributed by atoms with Crippen LogP contribution in [0.4, 0.5) is 0 Å². The van der Waals surface area contributed by atoms with Crippen LogP contribution in [0.1, 0.15) is 5.56 Å². The van der Waals surface area contributed by atoms with E-state index in [1.165, 1.54) is 21.8 Å². The number of hydrogen-bond acceptors (Lipinski definition) is 3. The minimum atomic E-state index is 0.620. The van der Waals surface area contributed by atoms with E-state index in [4.69, 9.17) is 9.97 Å². The second kappa shape index (κ2) is 11.1. The van der Waals surface area contributed by atoms with Crippen LogP contribution in [0.3, 0.4) is 0 Å². The molecule has 8 aromatic rings. The van der Waals surface area contributed by atoms with E-state index in [1.807, 2.05) is 60.7 Å². The lowest BCUT2D eigenvalue weighted by molar-refractivity contribution is 1.18. The third kappa shape index (κ3) is 4.83. The van der Waals surface area contributed by atoms with Crippen molar-refractivity contribution in [3.8, 4) is 56.8 Å². The van der Waals surface area contributed by atoms with Crippen molar-refractivity contribution >= 4 is 21.8 Å². The zero-order chi connectivity index (χ0) is 30.2. The van der Waals surface area contributed by atoms with E-state index in [9.17, 15) is 5.26 Å². The van der Waals surface area contributed by atoms with Gasteiger partial charge in [-0.25, -0.2) is 9.97 Å². The summed E-state index contributed by atoms with van der Waals surface area (Å²) < 4.78 is 2.34. The summed E-state index contributed by atoms with van der Waals surface area (Å²) in [7, 11) is 0. The van der Waals surface area contributed by atoms with Crippen LogP contribution in [0.25, 0.3) is 72.5 Å². The zero-order valence-electron chi connectivity index (χ0n) is 24.3. The van der Waals surface area contributed by atoms with Crippen molar-refractivity contribution in [3.63, 3.8) is 0 Å². The molecule has 0 N–H and O–H groups in total. The van der Waals surface area contributed by atoms with Gasteiger partial charge >= 0.3 is 0 Å². The lowest BCUT2D eigenvalue weighted by Gasteiger charge is -2.10. The summed E-state index contributed by atoms with van der Waals surface area (Å²) >= 11 is 0. The summed E-state index contributed by atoms with van der Waals surface area (Å²) in [5, 5.41) is 11.7. The highest BCUT2D eigenvalue weighted by atomic mass is 15.0. The van der Waals surface area contributed by atoms with Gasteiger partial charge in [0, 0.05) is 33.2 Å². The standard InChI is InChI=1S/C41H26N4/c42-27-28-15-17-30(18-16-28)37-26-38(44-41(43-37)32-9-3-1-4-10-32)31-21-19-29(20-22-31)33-23-24-40-36(25-33)35-13-7-8-14-39(35)45(40)34-11-5-2-6-12-34/h1-26H. The molecule has 8 rings (SSSR count). The van der Waals surface area contributed by atoms with Crippen molar-refractivity contribution in [2.24, 2.45) is 0 Å². The van der Waals surface area contributed by atoms with E-state index in [2.05, 4.69) is 108 Å². The van der Waals surface area contributed by atoms with Crippen LogP contribution in [0.5, 0.6) is 0 Å². The van der Waals surface area contributed by atoms with Gasteiger partial charge in [0.2, 0.25) is 0 Å². The Morgan fingerprint density at radius 1 is 0.444 bits per heavy atom. The molecule has 45 heavy (non-hydrogen) atoms. The topological polar surface area (TPSA) is 54.5 Å². The van der Waals surface area contributed by atoms with Crippen LogP contribution in [-0.2, 0) is 0 Å². The SMILES string of the molecule is N#Cc1ccc(-c2cc(-c3ccc(-c4ccc5c(c4)c4ccccc4n5-c4ccccc4)cc3)nc(-c3ccccc3)n2)cc1. The normalized spacial score (nSPS) is 11.1. The monoisotopic (exact) mass is 574 g/mol. The van der Waals surface area contributed by atoms with Crippen LogP contribution >= 0.6 is 0 Å². The molecule has 2 heterocycles. The first kappa shape index (κ1) is 26.3. The number of hydrogen-bond donors (Lipinski definition) is 0. The van der Waals surface area contributed by atoms with Crippen LogP contribution in [-0.4, -0.2) is 14.5 Å². The van der Waals surface area contributed by atoms with Crippen molar-refractivity contribution in [1.82, 2.24) is 14.5 Å². The van der Waals surface area contributed by atoms with E-state index in [-0.39, 0.29) is 0 Å². The molecule has 0 aliphatic carbocycles. The summed E-state index contributed by atoms with van der Waals surface area (Å²) in [4.78, 5) is 9.88. The molecule has 0 unspecified atom stereocenters. The van der Waals surface area contributed by atoms with Gasteiger partial charge in [-0.1, -0.05) is 109 Å². The molecule has 4 nitrogen and oxygen atoms in total. The Kier molecular flexibility index (Phi) is 6.48. The second-order valence-electron chi connectivity index (χ2n) is 11.0. The number of aromatic nitrogens is 3. The van der Waals surface area contributed by atoms with Crippen molar-refractivity contribution in [2.75, 3.05) is 0 Å². The molecule has 4 heteroatoms. The van der Waals surface area contributed by atoms with Gasteiger partial charge in [0.05, 0.1) is 34.1 Å². The summed E-state index contributed by atoms with van der Waals surface area (Å²) in [5.74, 6) is 0.664. The molecule has 0 radical (unpaired) electrons. The van der Waals surface area contributed by atoms with Gasteiger partial charge < -0.3 is 4.57 Å². The van der Waals surface area contributed by atoms with Crippen molar-refractivity contribution < 1.29 is 0 Å². The van der Waals surface area contributed by atoms with Crippen LogP contribution < -0.4 is 0 Å². The van der Waals surface area contributed by atoms with E-state index >= 15 is 0 Å². The van der Waals surface area contributed by atoms with E-state index in [1.54, 1.807) is 0 Å². The minimum Gasteiger partial charge on any atom is -0.309 e.